The fraction of sp³-hybridized carbons (Fsp3) is 0.400. The van der Waals surface area contributed by atoms with Gasteiger partial charge in [-0.15, -0.1) is 11.3 Å². The molecule has 1 aliphatic heterocycles. The third-order valence-corrected chi connectivity index (χ3v) is 4.76. The summed E-state index contributed by atoms with van der Waals surface area (Å²) < 4.78 is 14.0. The Labute approximate surface area is 121 Å². The number of hydrogen-bond acceptors (Lipinski definition) is 3. The van der Waals surface area contributed by atoms with Gasteiger partial charge in [-0.3, -0.25) is 4.79 Å². The van der Waals surface area contributed by atoms with E-state index < -0.39 is 0 Å². The van der Waals surface area contributed by atoms with Crippen LogP contribution in [0.2, 0.25) is 0 Å². The average Bonchev–Trinajstić information content (AvgIpc) is 2.81. The molecule has 0 aliphatic carbocycles. The second-order valence-electron chi connectivity index (χ2n) is 5.34. The van der Waals surface area contributed by atoms with E-state index in [-0.39, 0.29) is 17.8 Å². The largest absolute Gasteiger partial charge is 0.349 e. The van der Waals surface area contributed by atoms with Gasteiger partial charge in [0.1, 0.15) is 5.82 Å². The molecule has 1 saturated heterocycles. The number of carbonyl (C=O) groups excluding carboxylic acids is 1. The van der Waals surface area contributed by atoms with Crippen LogP contribution in [0.3, 0.4) is 0 Å². The summed E-state index contributed by atoms with van der Waals surface area (Å²) in [5, 5.41) is 7.36. The lowest BCUT2D eigenvalue weighted by atomic mass is 10.0. The number of benzene rings is 1. The van der Waals surface area contributed by atoms with E-state index in [4.69, 9.17) is 0 Å². The van der Waals surface area contributed by atoms with E-state index >= 15 is 0 Å². The molecular weight excluding hydrogens is 275 g/mol. The van der Waals surface area contributed by atoms with Crippen molar-refractivity contribution in [3.63, 3.8) is 0 Å². The maximum atomic E-state index is 13.2. The van der Waals surface area contributed by atoms with E-state index in [2.05, 4.69) is 17.6 Å². The molecule has 3 rings (SSSR count). The van der Waals surface area contributed by atoms with Gasteiger partial charge in [0.05, 0.1) is 4.88 Å². The lowest BCUT2D eigenvalue weighted by molar-refractivity contribution is 0.0930. The second-order valence-corrected chi connectivity index (χ2v) is 6.43. The second kappa shape index (κ2) is 5.50. The van der Waals surface area contributed by atoms with Crippen LogP contribution >= 0.6 is 11.3 Å². The van der Waals surface area contributed by atoms with Gasteiger partial charge in [-0.25, -0.2) is 4.39 Å². The van der Waals surface area contributed by atoms with Crippen molar-refractivity contribution in [1.82, 2.24) is 10.6 Å². The van der Waals surface area contributed by atoms with E-state index in [1.807, 2.05) is 6.07 Å². The molecule has 0 saturated carbocycles. The quantitative estimate of drug-likeness (QED) is 0.893. The molecule has 2 N–H and O–H groups in total. The molecule has 1 aromatic heterocycles. The third kappa shape index (κ3) is 2.83. The van der Waals surface area contributed by atoms with Crippen LogP contribution in [-0.2, 0) is 0 Å². The van der Waals surface area contributed by atoms with Crippen molar-refractivity contribution in [1.29, 1.82) is 0 Å². The summed E-state index contributed by atoms with van der Waals surface area (Å²) in [5.74, 6) is -0.316. The maximum absolute atomic E-state index is 13.2. The topological polar surface area (TPSA) is 41.1 Å². The number of rotatable bonds is 2. The smallest absolute Gasteiger partial charge is 0.261 e. The van der Waals surface area contributed by atoms with Crippen LogP contribution in [-0.4, -0.2) is 24.5 Å². The van der Waals surface area contributed by atoms with Crippen molar-refractivity contribution in [3.8, 4) is 0 Å². The molecule has 2 atom stereocenters. The first kappa shape index (κ1) is 13.5. The number of nitrogens with one attached hydrogen (secondary N) is 2. The van der Waals surface area contributed by atoms with Crippen molar-refractivity contribution >= 4 is 27.3 Å². The fourth-order valence-corrected chi connectivity index (χ4v) is 3.63. The zero-order valence-electron chi connectivity index (χ0n) is 11.3. The monoisotopic (exact) mass is 292 g/mol. The number of halogens is 1. The molecule has 3 nitrogen and oxygen atoms in total. The number of carbonyl (C=O) groups is 1. The first-order valence-electron chi connectivity index (χ1n) is 6.85. The molecule has 1 amide bonds. The Bertz CT molecular complexity index is 640. The van der Waals surface area contributed by atoms with E-state index in [0.717, 1.165) is 29.5 Å². The van der Waals surface area contributed by atoms with Crippen LogP contribution in [0.25, 0.3) is 10.1 Å². The fourth-order valence-electron chi connectivity index (χ4n) is 2.64. The number of amides is 1. The highest BCUT2D eigenvalue weighted by Crippen LogP contribution is 2.26. The molecule has 5 heteroatoms. The summed E-state index contributed by atoms with van der Waals surface area (Å²) in [7, 11) is 0. The molecule has 20 heavy (non-hydrogen) atoms. The van der Waals surface area contributed by atoms with Crippen molar-refractivity contribution < 1.29 is 9.18 Å². The van der Waals surface area contributed by atoms with Crippen LogP contribution in [0.5, 0.6) is 0 Å². The molecule has 1 fully saturated rings. The lowest BCUT2D eigenvalue weighted by Gasteiger charge is -2.28. The van der Waals surface area contributed by atoms with Crippen LogP contribution in [0.4, 0.5) is 4.39 Å². The predicted octanol–water partition coefficient (Wildman–Crippen LogP) is 2.91. The van der Waals surface area contributed by atoms with Gasteiger partial charge in [0, 0.05) is 16.8 Å². The Morgan fingerprint density at radius 2 is 2.30 bits per heavy atom. The Kier molecular flexibility index (Phi) is 3.72. The minimum absolute atomic E-state index is 0.0503. The molecule has 0 radical (unpaired) electrons. The minimum atomic E-state index is -0.265. The van der Waals surface area contributed by atoms with Gasteiger partial charge in [0.15, 0.2) is 0 Å². The van der Waals surface area contributed by atoms with Gasteiger partial charge in [0.25, 0.3) is 5.91 Å². The third-order valence-electron chi connectivity index (χ3n) is 3.66. The summed E-state index contributed by atoms with van der Waals surface area (Å²) >= 11 is 1.34. The zero-order chi connectivity index (χ0) is 14.1. The van der Waals surface area contributed by atoms with Crippen LogP contribution in [0.15, 0.2) is 24.3 Å². The molecule has 106 valence electrons. The van der Waals surface area contributed by atoms with Crippen LogP contribution < -0.4 is 10.6 Å². The van der Waals surface area contributed by atoms with Gasteiger partial charge < -0.3 is 10.6 Å². The lowest BCUT2D eigenvalue weighted by Crippen LogP contribution is -2.46. The number of hydrogen-bond donors (Lipinski definition) is 2. The Hall–Kier alpha value is -1.46. The number of piperidine rings is 1. The summed E-state index contributed by atoms with van der Waals surface area (Å²) in [6, 6.07) is 7.10. The normalized spacial score (nSPS) is 22.9. The highest BCUT2D eigenvalue weighted by molar-refractivity contribution is 7.20. The Morgan fingerprint density at radius 3 is 3.10 bits per heavy atom. The van der Waals surface area contributed by atoms with E-state index in [1.165, 1.54) is 23.5 Å². The molecule has 2 heterocycles. The van der Waals surface area contributed by atoms with Crippen molar-refractivity contribution in [2.24, 2.45) is 0 Å². The van der Waals surface area contributed by atoms with Crippen LogP contribution in [0, 0.1) is 5.82 Å². The highest BCUT2D eigenvalue weighted by Gasteiger charge is 2.21. The van der Waals surface area contributed by atoms with E-state index in [0.29, 0.717) is 10.9 Å². The summed E-state index contributed by atoms with van der Waals surface area (Å²) in [5.41, 5.74) is 0. The molecule has 0 spiro atoms. The highest BCUT2D eigenvalue weighted by atomic mass is 32.1. The van der Waals surface area contributed by atoms with Gasteiger partial charge >= 0.3 is 0 Å². The van der Waals surface area contributed by atoms with Gasteiger partial charge in [-0.05, 0) is 49.9 Å². The van der Waals surface area contributed by atoms with Crippen LogP contribution in [0.1, 0.15) is 29.4 Å². The maximum Gasteiger partial charge on any atom is 0.261 e. The van der Waals surface area contributed by atoms with E-state index in [1.54, 1.807) is 6.07 Å². The minimum Gasteiger partial charge on any atom is -0.349 e. The molecule has 2 unspecified atom stereocenters. The van der Waals surface area contributed by atoms with E-state index in [9.17, 15) is 9.18 Å². The average molecular weight is 292 g/mol. The zero-order valence-corrected chi connectivity index (χ0v) is 12.1. The molecule has 1 aliphatic rings. The van der Waals surface area contributed by atoms with Crippen molar-refractivity contribution in [3.05, 3.63) is 35.0 Å². The summed E-state index contributed by atoms with van der Waals surface area (Å²) in [6.07, 6.45) is 1.90. The van der Waals surface area contributed by atoms with Crippen molar-refractivity contribution in [2.75, 3.05) is 6.54 Å². The van der Waals surface area contributed by atoms with Gasteiger partial charge in [-0.1, -0.05) is 6.07 Å². The molecule has 0 bridgehead atoms. The summed E-state index contributed by atoms with van der Waals surface area (Å²) in [6.45, 7) is 3.06. The van der Waals surface area contributed by atoms with Crippen molar-refractivity contribution in [2.45, 2.75) is 31.8 Å². The van der Waals surface area contributed by atoms with Gasteiger partial charge in [0.2, 0.25) is 0 Å². The number of thiophene rings is 1. The molecular formula is C15H17FN2OS. The van der Waals surface area contributed by atoms with Gasteiger partial charge in [-0.2, -0.15) is 0 Å². The Morgan fingerprint density at radius 1 is 1.45 bits per heavy atom. The number of fused-ring (bicyclic) bond motifs is 1. The molecule has 2 aromatic rings. The summed E-state index contributed by atoms with van der Waals surface area (Å²) in [4.78, 5) is 12.9. The Balaban J connectivity index is 1.75. The first-order valence-corrected chi connectivity index (χ1v) is 7.67. The standard InChI is InChI=1S/C15H17FN2OS/c1-9-6-12(4-5-17-9)18-15(19)14-7-10-2-3-11(16)8-13(10)20-14/h2-3,7-9,12,17H,4-6H2,1H3,(H,18,19). The predicted molar refractivity (Wildman–Crippen MR) is 79.7 cm³/mol. The first-order chi connectivity index (χ1) is 9.61. The SMILES string of the molecule is CC1CC(NC(=O)c2cc3ccc(F)cc3s2)CCN1. The molecule has 1 aromatic carbocycles.